The molecule has 1 aromatic carbocycles. The van der Waals surface area contributed by atoms with Crippen molar-refractivity contribution in [2.45, 2.75) is 43.4 Å². The predicted octanol–water partition coefficient (Wildman–Crippen LogP) is 3.33. The smallest absolute Gasteiger partial charge is 0.306 e. The van der Waals surface area contributed by atoms with E-state index in [2.05, 4.69) is 20.7 Å². The molecule has 0 amide bonds. The molecule has 1 aromatic rings. The molecule has 0 saturated carbocycles. The Morgan fingerprint density at radius 3 is 2.52 bits per heavy atom. The van der Waals surface area contributed by atoms with Crippen LogP contribution in [0.15, 0.2) is 27.6 Å². The van der Waals surface area contributed by atoms with Crippen LogP contribution in [0.3, 0.4) is 0 Å². The van der Waals surface area contributed by atoms with Gasteiger partial charge in [-0.25, -0.2) is 13.1 Å². The zero-order chi connectivity index (χ0) is 19.0. The molecule has 1 aliphatic heterocycles. The van der Waals surface area contributed by atoms with Gasteiger partial charge in [0.15, 0.2) is 6.19 Å². The van der Waals surface area contributed by atoms with Crippen molar-refractivity contribution in [3.8, 4) is 6.19 Å². The first-order valence-corrected chi connectivity index (χ1v) is 9.78. The average Bonchev–Trinajstić information content (AvgIpc) is 2.88. The summed E-state index contributed by atoms with van der Waals surface area (Å²) in [5.41, 5.74) is -1.04. The van der Waals surface area contributed by atoms with Crippen LogP contribution in [0.25, 0.3) is 0 Å². The monoisotopic (exact) mass is 439 g/mol. The van der Waals surface area contributed by atoms with Gasteiger partial charge in [-0.3, -0.25) is 0 Å². The maximum absolute atomic E-state index is 12.9. The van der Waals surface area contributed by atoms with Gasteiger partial charge in [-0.05, 0) is 46.5 Å². The quantitative estimate of drug-likeness (QED) is 0.730. The Balaban J connectivity index is 2.28. The van der Waals surface area contributed by atoms with Gasteiger partial charge >= 0.3 is 6.18 Å². The number of halogens is 4. The van der Waals surface area contributed by atoms with E-state index in [0.717, 1.165) is 12.1 Å². The van der Waals surface area contributed by atoms with Gasteiger partial charge in [0.1, 0.15) is 0 Å². The van der Waals surface area contributed by atoms with Crippen molar-refractivity contribution >= 4 is 26.0 Å². The van der Waals surface area contributed by atoms with Gasteiger partial charge < -0.3 is 4.90 Å². The highest BCUT2D eigenvalue weighted by Crippen LogP contribution is 2.34. The summed E-state index contributed by atoms with van der Waals surface area (Å²) in [6.45, 7) is 4.04. The van der Waals surface area contributed by atoms with Crippen LogP contribution in [0.1, 0.15) is 25.8 Å². The fourth-order valence-electron chi connectivity index (χ4n) is 2.87. The normalized spacial score (nSPS) is 21.6. The van der Waals surface area contributed by atoms with Gasteiger partial charge in [-0.15, -0.1) is 0 Å². The minimum atomic E-state index is -4.64. The maximum atomic E-state index is 12.9. The van der Waals surface area contributed by atoms with E-state index in [1.54, 1.807) is 0 Å². The number of hydrogen-bond donors (Lipinski definition) is 1. The lowest BCUT2D eigenvalue weighted by Gasteiger charge is -2.21. The zero-order valence-electron chi connectivity index (χ0n) is 13.5. The first-order chi connectivity index (χ1) is 11.5. The molecule has 25 heavy (non-hydrogen) atoms. The van der Waals surface area contributed by atoms with E-state index in [4.69, 9.17) is 5.26 Å². The Hall–Kier alpha value is -1.31. The van der Waals surface area contributed by atoms with Crippen LogP contribution in [-0.4, -0.2) is 31.9 Å². The van der Waals surface area contributed by atoms with Crippen molar-refractivity contribution in [1.82, 2.24) is 9.62 Å². The average molecular weight is 440 g/mol. The van der Waals surface area contributed by atoms with E-state index in [1.165, 1.54) is 4.90 Å². The molecule has 2 rings (SSSR count). The first kappa shape index (κ1) is 20.0. The number of likely N-dealkylation sites (tertiary alicyclic amines) is 1. The van der Waals surface area contributed by atoms with Crippen LogP contribution in [0.4, 0.5) is 13.2 Å². The standard InChI is InChI=1S/C15H17BrF3N3O2S/c1-9(2)13-6-11(7-22(13)8-20)21-25(23,24)14-5-10(15(17,18)19)3-4-12(14)16/h3-5,9,11,13,21H,6-7H2,1-2H3. The molecule has 0 radical (unpaired) electrons. The summed E-state index contributed by atoms with van der Waals surface area (Å²) >= 11 is 2.99. The summed E-state index contributed by atoms with van der Waals surface area (Å²) in [5.74, 6) is 0.148. The van der Waals surface area contributed by atoms with E-state index in [1.807, 2.05) is 20.0 Å². The number of benzene rings is 1. The molecule has 1 N–H and O–H groups in total. The number of nitriles is 1. The lowest BCUT2D eigenvalue weighted by Crippen LogP contribution is -2.36. The highest BCUT2D eigenvalue weighted by atomic mass is 79.9. The van der Waals surface area contributed by atoms with Crippen molar-refractivity contribution in [2.24, 2.45) is 5.92 Å². The van der Waals surface area contributed by atoms with Gasteiger partial charge in [-0.1, -0.05) is 13.8 Å². The Labute approximate surface area is 153 Å². The van der Waals surface area contributed by atoms with Gasteiger partial charge in [0.2, 0.25) is 10.0 Å². The summed E-state index contributed by atoms with van der Waals surface area (Å²) < 4.78 is 66.1. The number of sulfonamides is 1. The largest absolute Gasteiger partial charge is 0.416 e. The molecular formula is C15H17BrF3N3O2S. The second kappa shape index (κ2) is 7.13. The SMILES string of the molecule is CC(C)C1CC(NS(=O)(=O)c2cc(C(F)(F)F)ccc2Br)CN1C#N. The Morgan fingerprint density at radius 1 is 1.40 bits per heavy atom. The van der Waals surface area contributed by atoms with E-state index >= 15 is 0 Å². The van der Waals surface area contributed by atoms with Crippen LogP contribution < -0.4 is 4.72 Å². The molecule has 0 bridgehead atoms. The van der Waals surface area contributed by atoms with E-state index in [0.29, 0.717) is 12.5 Å². The fraction of sp³-hybridized carbons (Fsp3) is 0.533. The topological polar surface area (TPSA) is 73.2 Å². The third-order valence-corrected chi connectivity index (χ3v) is 6.63. The molecule has 138 valence electrons. The third-order valence-electron chi connectivity index (χ3n) is 4.11. The molecule has 2 unspecified atom stereocenters. The zero-order valence-corrected chi connectivity index (χ0v) is 15.9. The van der Waals surface area contributed by atoms with Gasteiger partial charge in [-0.2, -0.15) is 18.4 Å². The lowest BCUT2D eigenvalue weighted by molar-refractivity contribution is -0.137. The highest BCUT2D eigenvalue weighted by molar-refractivity contribution is 9.10. The summed E-state index contributed by atoms with van der Waals surface area (Å²) in [6, 6.07) is 1.82. The number of hydrogen-bond acceptors (Lipinski definition) is 4. The summed E-state index contributed by atoms with van der Waals surface area (Å²) in [7, 11) is -4.17. The molecule has 0 aliphatic carbocycles. The van der Waals surface area contributed by atoms with E-state index in [-0.39, 0.29) is 23.0 Å². The molecule has 1 saturated heterocycles. The van der Waals surface area contributed by atoms with Crippen LogP contribution >= 0.6 is 15.9 Å². The summed E-state index contributed by atoms with van der Waals surface area (Å²) in [4.78, 5) is 1.03. The van der Waals surface area contributed by atoms with Crippen LogP contribution in [0.5, 0.6) is 0 Å². The first-order valence-electron chi connectivity index (χ1n) is 7.51. The van der Waals surface area contributed by atoms with Crippen LogP contribution in [0.2, 0.25) is 0 Å². The van der Waals surface area contributed by atoms with E-state index < -0.39 is 32.7 Å². The minimum Gasteiger partial charge on any atom is -0.306 e. The fourth-order valence-corrected chi connectivity index (χ4v) is 5.10. The summed E-state index contributed by atoms with van der Waals surface area (Å²) in [5, 5.41) is 9.15. The van der Waals surface area contributed by atoms with Crippen molar-refractivity contribution in [2.75, 3.05) is 6.54 Å². The Morgan fingerprint density at radius 2 is 2.04 bits per heavy atom. The molecule has 10 heteroatoms. The number of rotatable bonds is 4. The Bertz CT molecular complexity index is 790. The maximum Gasteiger partial charge on any atom is 0.416 e. The van der Waals surface area contributed by atoms with Gasteiger partial charge in [0.05, 0.1) is 10.5 Å². The molecule has 1 aliphatic rings. The second-order valence-electron chi connectivity index (χ2n) is 6.26. The second-order valence-corrected chi connectivity index (χ2v) is 8.80. The number of nitrogens with one attached hydrogen (secondary N) is 1. The van der Waals surface area contributed by atoms with Crippen LogP contribution in [0, 0.1) is 17.4 Å². The van der Waals surface area contributed by atoms with Crippen molar-refractivity contribution < 1.29 is 21.6 Å². The molecular weight excluding hydrogens is 423 g/mol. The van der Waals surface area contributed by atoms with Crippen molar-refractivity contribution in [3.05, 3.63) is 28.2 Å². The lowest BCUT2D eigenvalue weighted by atomic mass is 10.0. The Kier molecular flexibility index (Phi) is 5.71. The van der Waals surface area contributed by atoms with Gasteiger partial charge in [0, 0.05) is 23.1 Å². The molecule has 5 nitrogen and oxygen atoms in total. The highest BCUT2D eigenvalue weighted by Gasteiger charge is 2.37. The molecule has 1 heterocycles. The number of nitrogens with zero attached hydrogens (tertiary/aromatic N) is 2. The van der Waals surface area contributed by atoms with Crippen LogP contribution in [-0.2, 0) is 16.2 Å². The predicted molar refractivity (Wildman–Crippen MR) is 88.8 cm³/mol. The third kappa shape index (κ3) is 4.46. The molecule has 2 atom stereocenters. The van der Waals surface area contributed by atoms with Gasteiger partial charge in [0.25, 0.3) is 0 Å². The summed E-state index contributed by atoms with van der Waals surface area (Å²) in [6.07, 6.45) is -2.19. The minimum absolute atomic E-state index is 0.0449. The molecule has 0 aromatic heterocycles. The van der Waals surface area contributed by atoms with Crippen molar-refractivity contribution in [3.63, 3.8) is 0 Å². The molecule has 0 spiro atoms. The number of alkyl halides is 3. The van der Waals surface area contributed by atoms with E-state index in [9.17, 15) is 21.6 Å². The molecule has 1 fully saturated rings. The van der Waals surface area contributed by atoms with Crippen molar-refractivity contribution in [1.29, 1.82) is 5.26 Å².